The molecule has 0 radical (unpaired) electrons. The predicted octanol–water partition coefficient (Wildman–Crippen LogP) is 1.52. The Bertz CT molecular complexity index is 619. The molecule has 1 N–H and O–H groups in total. The van der Waals surface area contributed by atoms with E-state index in [1.807, 2.05) is 18.4 Å². The second-order valence-electron chi connectivity index (χ2n) is 4.99. The number of anilines is 1. The lowest BCUT2D eigenvalue weighted by molar-refractivity contribution is -0.135. The maximum absolute atomic E-state index is 12.0. The molecule has 0 atom stereocenters. The fourth-order valence-corrected chi connectivity index (χ4v) is 2.77. The Hall–Kier alpha value is -2.00. The highest BCUT2D eigenvalue weighted by Gasteiger charge is 2.41. The summed E-state index contributed by atoms with van der Waals surface area (Å²) in [6, 6.07) is 7.63. The van der Waals surface area contributed by atoms with Gasteiger partial charge in [-0.15, -0.1) is 11.8 Å². The van der Waals surface area contributed by atoms with Crippen molar-refractivity contribution in [3.8, 4) is 6.07 Å². The normalized spacial score (nSPS) is 17.6. The van der Waals surface area contributed by atoms with E-state index >= 15 is 0 Å². The zero-order valence-corrected chi connectivity index (χ0v) is 12.4. The lowest BCUT2D eigenvalue weighted by Crippen LogP contribution is -2.64. The van der Waals surface area contributed by atoms with Gasteiger partial charge in [-0.3, -0.25) is 14.9 Å². The molecule has 1 aliphatic rings. The molecule has 0 aliphatic carbocycles. The highest BCUT2D eigenvalue weighted by Crippen LogP contribution is 2.33. The molecular formula is C14H15N3O2S. The molecule has 5 nitrogen and oxygen atoms in total. The number of thioether (sulfide) groups is 1. The topological polar surface area (TPSA) is 73.2 Å². The van der Waals surface area contributed by atoms with Gasteiger partial charge in [0.1, 0.15) is 11.6 Å². The monoisotopic (exact) mass is 289 g/mol. The Balaban J connectivity index is 2.58. The summed E-state index contributed by atoms with van der Waals surface area (Å²) in [6.07, 6.45) is 1.89. The van der Waals surface area contributed by atoms with E-state index in [-0.39, 0.29) is 18.4 Å². The first-order valence-corrected chi connectivity index (χ1v) is 7.33. The summed E-state index contributed by atoms with van der Waals surface area (Å²) in [6.45, 7) is 3.54. The summed E-state index contributed by atoms with van der Waals surface area (Å²) in [5.74, 6) is -0.708. The van der Waals surface area contributed by atoms with Gasteiger partial charge in [-0.2, -0.15) is 5.26 Å². The van der Waals surface area contributed by atoms with E-state index in [0.717, 1.165) is 4.90 Å². The Kier molecular flexibility index (Phi) is 3.73. The molecule has 0 spiro atoms. The number of benzene rings is 1. The molecule has 1 heterocycles. The van der Waals surface area contributed by atoms with Crippen LogP contribution in [0.5, 0.6) is 0 Å². The van der Waals surface area contributed by atoms with Gasteiger partial charge in [-0.1, -0.05) is 6.07 Å². The molecule has 2 amide bonds. The maximum atomic E-state index is 12.0. The Morgan fingerprint density at radius 3 is 2.70 bits per heavy atom. The molecule has 1 aromatic rings. The van der Waals surface area contributed by atoms with Gasteiger partial charge in [-0.25, -0.2) is 0 Å². The Labute approximate surface area is 121 Å². The number of nitrogens with zero attached hydrogens (tertiary/aromatic N) is 2. The van der Waals surface area contributed by atoms with E-state index < -0.39 is 5.54 Å². The van der Waals surface area contributed by atoms with Crippen LogP contribution in [0.2, 0.25) is 0 Å². The number of hydrogen-bond acceptors (Lipinski definition) is 5. The number of nitrogens with one attached hydrogen (secondary N) is 1. The number of carbonyl (C=O) groups excluding carboxylic acids is 2. The molecule has 0 saturated carbocycles. The van der Waals surface area contributed by atoms with Crippen molar-refractivity contribution in [2.45, 2.75) is 24.3 Å². The number of amides is 2. The second-order valence-corrected chi connectivity index (χ2v) is 5.84. The molecule has 20 heavy (non-hydrogen) atoms. The number of rotatable bonds is 2. The van der Waals surface area contributed by atoms with E-state index in [4.69, 9.17) is 0 Å². The predicted molar refractivity (Wildman–Crippen MR) is 77.5 cm³/mol. The number of piperazine rings is 1. The molecular weight excluding hydrogens is 274 g/mol. The molecule has 0 unspecified atom stereocenters. The van der Waals surface area contributed by atoms with Crippen LogP contribution in [-0.4, -0.2) is 30.2 Å². The van der Waals surface area contributed by atoms with Crippen molar-refractivity contribution in [3.05, 3.63) is 23.8 Å². The van der Waals surface area contributed by atoms with Crippen molar-refractivity contribution in [3.63, 3.8) is 0 Å². The summed E-state index contributed by atoms with van der Waals surface area (Å²) in [5.41, 5.74) is 0.236. The van der Waals surface area contributed by atoms with Crippen LogP contribution in [0.3, 0.4) is 0 Å². The van der Waals surface area contributed by atoms with Crippen molar-refractivity contribution in [2.75, 3.05) is 17.7 Å². The molecule has 104 valence electrons. The number of hydrogen-bond donors (Lipinski definition) is 1. The highest BCUT2D eigenvalue weighted by molar-refractivity contribution is 7.98. The van der Waals surface area contributed by atoms with Gasteiger partial charge >= 0.3 is 0 Å². The molecule has 1 saturated heterocycles. The summed E-state index contributed by atoms with van der Waals surface area (Å²) >= 11 is 1.47. The highest BCUT2D eigenvalue weighted by atomic mass is 32.2. The largest absolute Gasteiger partial charge is 0.347 e. The minimum atomic E-state index is -0.878. The quantitative estimate of drug-likeness (QED) is 0.660. The Morgan fingerprint density at radius 1 is 1.40 bits per heavy atom. The first-order chi connectivity index (χ1) is 9.41. The molecule has 1 aromatic carbocycles. The Morgan fingerprint density at radius 2 is 2.10 bits per heavy atom. The number of imide groups is 1. The standard InChI is InChI=1S/C14H15N3O2S/c1-14(2)13(19)16-12(18)8-17(14)10-5-4-6-11(20-3)9(10)7-15/h4-6H,8H2,1-3H3,(H,16,18,19). The molecule has 0 aromatic heterocycles. The van der Waals surface area contributed by atoms with E-state index in [2.05, 4.69) is 11.4 Å². The van der Waals surface area contributed by atoms with Crippen LogP contribution < -0.4 is 10.2 Å². The minimum Gasteiger partial charge on any atom is -0.347 e. The summed E-state index contributed by atoms with van der Waals surface area (Å²) in [5, 5.41) is 11.7. The first-order valence-electron chi connectivity index (χ1n) is 6.11. The number of nitriles is 1. The minimum absolute atomic E-state index is 0.0608. The molecule has 2 rings (SSSR count). The molecule has 1 fully saturated rings. The van der Waals surface area contributed by atoms with Crippen LogP contribution in [0, 0.1) is 11.3 Å². The third kappa shape index (κ3) is 2.25. The number of carbonyl (C=O) groups is 2. The van der Waals surface area contributed by atoms with Crippen LogP contribution in [0.4, 0.5) is 5.69 Å². The van der Waals surface area contributed by atoms with E-state index in [9.17, 15) is 14.9 Å². The maximum Gasteiger partial charge on any atom is 0.251 e. The van der Waals surface area contributed by atoms with Crippen molar-refractivity contribution in [1.29, 1.82) is 5.26 Å². The zero-order valence-electron chi connectivity index (χ0n) is 11.6. The zero-order chi connectivity index (χ0) is 14.9. The summed E-state index contributed by atoms with van der Waals surface area (Å²) < 4.78 is 0. The third-order valence-electron chi connectivity index (χ3n) is 3.41. The van der Waals surface area contributed by atoms with Crippen molar-refractivity contribution in [2.24, 2.45) is 0 Å². The lowest BCUT2D eigenvalue weighted by atomic mass is 9.96. The van der Waals surface area contributed by atoms with Crippen LogP contribution in [0.15, 0.2) is 23.1 Å². The van der Waals surface area contributed by atoms with Crippen molar-refractivity contribution < 1.29 is 9.59 Å². The van der Waals surface area contributed by atoms with Gasteiger partial charge in [-0.05, 0) is 32.2 Å². The lowest BCUT2D eigenvalue weighted by Gasteiger charge is -2.42. The fraction of sp³-hybridized carbons (Fsp3) is 0.357. The van der Waals surface area contributed by atoms with Crippen molar-refractivity contribution in [1.82, 2.24) is 5.32 Å². The van der Waals surface area contributed by atoms with Gasteiger partial charge in [0.25, 0.3) is 5.91 Å². The average molecular weight is 289 g/mol. The average Bonchev–Trinajstić information content (AvgIpc) is 2.42. The van der Waals surface area contributed by atoms with Gasteiger partial charge in [0.2, 0.25) is 5.91 Å². The van der Waals surface area contributed by atoms with Gasteiger partial charge in [0.15, 0.2) is 0 Å². The van der Waals surface area contributed by atoms with Gasteiger partial charge < -0.3 is 4.90 Å². The fourth-order valence-electron chi connectivity index (χ4n) is 2.20. The SMILES string of the molecule is CSc1cccc(N2CC(=O)NC(=O)C2(C)C)c1C#N. The van der Waals surface area contributed by atoms with Crippen LogP contribution >= 0.6 is 11.8 Å². The van der Waals surface area contributed by atoms with Gasteiger partial charge in [0.05, 0.1) is 17.8 Å². The van der Waals surface area contributed by atoms with Gasteiger partial charge in [0, 0.05) is 4.90 Å². The van der Waals surface area contributed by atoms with Crippen LogP contribution in [0.1, 0.15) is 19.4 Å². The van der Waals surface area contributed by atoms with E-state index in [0.29, 0.717) is 11.3 Å². The molecule has 6 heteroatoms. The summed E-state index contributed by atoms with van der Waals surface area (Å²) in [7, 11) is 0. The molecule has 1 aliphatic heterocycles. The van der Waals surface area contributed by atoms with E-state index in [1.54, 1.807) is 24.8 Å². The second kappa shape index (κ2) is 5.17. The van der Waals surface area contributed by atoms with Crippen LogP contribution in [0.25, 0.3) is 0 Å². The smallest absolute Gasteiger partial charge is 0.251 e. The van der Waals surface area contributed by atoms with E-state index in [1.165, 1.54) is 11.8 Å². The van der Waals surface area contributed by atoms with Crippen molar-refractivity contribution >= 4 is 29.3 Å². The summed E-state index contributed by atoms with van der Waals surface area (Å²) in [4.78, 5) is 26.2. The molecule has 0 bridgehead atoms. The first kappa shape index (κ1) is 14.4. The third-order valence-corrected chi connectivity index (χ3v) is 4.19. The van der Waals surface area contributed by atoms with Crippen LogP contribution in [-0.2, 0) is 9.59 Å².